The van der Waals surface area contributed by atoms with Crippen molar-refractivity contribution in [2.75, 3.05) is 0 Å². The molecular weight excluding hydrogens is 275 g/mol. The van der Waals surface area contributed by atoms with Crippen LogP contribution >= 0.6 is 22.3 Å². The fourth-order valence-corrected chi connectivity index (χ4v) is 2.08. The first-order valence-electron chi connectivity index (χ1n) is 4.12. The monoisotopic (exact) mass is 282 g/mol. The molecule has 0 heterocycles. The Morgan fingerprint density at radius 1 is 1.50 bits per heavy atom. The maximum Gasteiger partial charge on any atom is 0.335 e. The first-order chi connectivity index (χ1) is 7.16. The second-order valence-electron chi connectivity index (χ2n) is 3.39. The molecule has 0 bridgehead atoms. The van der Waals surface area contributed by atoms with E-state index in [0.29, 0.717) is 0 Å². The van der Waals surface area contributed by atoms with Gasteiger partial charge in [-0.05, 0) is 25.2 Å². The van der Waals surface area contributed by atoms with Crippen molar-refractivity contribution in [3.8, 4) is 0 Å². The molecule has 16 heavy (non-hydrogen) atoms. The van der Waals surface area contributed by atoms with Crippen molar-refractivity contribution < 1.29 is 18.3 Å². The van der Waals surface area contributed by atoms with Crippen LogP contribution in [0.3, 0.4) is 0 Å². The SMILES string of the molecule is CC1(S(=O)(=O)Cl)C=CC(Cl)=CC(C(=O)O)=C1. The molecule has 1 atom stereocenters. The lowest BCUT2D eigenvalue weighted by atomic mass is 10.1. The van der Waals surface area contributed by atoms with Gasteiger partial charge >= 0.3 is 5.97 Å². The minimum absolute atomic E-state index is 0.123. The summed E-state index contributed by atoms with van der Waals surface area (Å²) in [5, 5.41) is 8.96. The molecule has 1 unspecified atom stereocenters. The van der Waals surface area contributed by atoms with E-state index < -0.39 is 19.8 Å². The smallest absolute Gasteiger partial charge is 0.335 e. The minimum Gasteiger partial charge on any atom is -0.478 e. The molecule has 0 aromatic heterocycles. The van der Waals surface area contributed by atoms with E-state index in [1.165, 1.54) is 19.1 Å². The van der Waals surface area contributed by atoms with Crippen LogP contribution in [-0.2, 0) is 13.8 Å². The molecule has 0 aromatic rings. The molecule has 1 rings (SSSR count). The van der Waals surface area contributed by atoms with Crippen LogP contribution in [-0.4, -0.2) is 24.2 Å². The molecule has 0 aromatic carbocycles. The van der Waals surface area contributed by atoms with E-state index in [0.717, 1.165) is 12.2 Å². The third kappa shape index (κ3) is 2.66. The van der Waals surface area contributed by atoms with Crippen LogP contribution < -0.4 is 0 Å². The molecule has 0 radical (unpaired) electrons. The van der Waals surface area contributed by atoms with Crippen molar-refractivity contribution in [3.63, 3.8) is 0 Å². The Morgan fingerprint density at radius 3 is 2.50 bits per heavy atom. The summed E-state index contributed by atoms with van der Waals surface area (Å²) in [6.45, 7) is 1.29. The summed E-state index contributed by atoms with van der Waals surface area (Å²) >= 11 is 5.67. The summed E-state index contributed by atoms with van der Waals surface area (Å²) in [6, 6.07) is 0. The van der Waals surface area contributed by atoms with Crippen molar-refractivity contribution in [3.05, 3.63) is 34.9 Å². The van der Waals surface area contributed by atoms with Crippen molar-refractivity contribution in [1.29, 1.82) is 0 Å². The number of rotatable bonds is 2. The van der Waals surface area contributed by atoms with E-state index in [-0.39, 0.29) is 10.6 Å². The van der Waals surface area contributed by atoms with Crippen LogP contribution in [0, 0.1) is 0 Å². The van der Waals surface area contributed by atoms with Gasteiger partial charge in [0, 0.05) is 15.7 Å². The molecule has 1 aliphatic carbocycles. The van der Waals surface area contributed by atoms with Gasteiger partial charge in [-0.2, -0.15) is 0 Å². The van der Waals surface area contributed by atoms with E-state index in [9.17, 15) is 13.2 Å². The molecule has 0 aliphatic heterocycles. The van der Waals surface area contributed by atoms with Gasteiger partial charge in [0.15, 0.2) is 0 Å². The number of halogens is 2. The zero-order valence-electron chi connectivity index (χ0n) is 8.15. The van der Waals surface area contributed by atoms with Gasteiger partial charge in [-0.15, -0.1) is 0 Å². The molecule has 0 saturated carbocycles. The van der Waals surface area contributed by atoms with Crippen LogP contribution in [0.1, 0.15) is 6.92 Å². The van der Waals surface area contributed by atoms with Gasteiger partial charge in [-0.3, -0.25) is 0 Å². The van der Waals surface area contributed by atoms with Crippen LogP contribution in [0.4, 0.5) is 0 Å². The Bertz CT molecular complexity index is 516. The summed E-state index contributed by atoms with van der Waals surface area (Å²) in [7, 11) is 1.28. The highest BCUT2D eigenvalue weighted by Gasteiger charge is 2.35. The standard InChI is InChI=1S/C9H8Cl2O4S/c1-9(16(11,14)15)3-2-7(10)4-6(5-9)8(12)13/h2-5H,1H3,(H,12,13). The zero-order valence-corrected chi connectivity index (χ0v) is 10.5. The van der Waals surface area contributed by atoms with E-state index >= 15 is 0 Å². The van der Waals surface area contributed by atoms with Crippen molar-refractivity contribution >= 4 is 37.3 Å². The molecule has 1 N–H and O–H groups in total. The zero-order chi connectivity index (χ0) is 12.6. The number of aliphatic carboxylic acids is 1. The van der Waals surface area contributed by atoms with E-state index in [4.69, 9.17) is 27.4 Å². The van der Waals surface area contributed by atoms with Gasteiger partial charge < -0.3 is 5.11 Å². The molecule has 4 nitrogen and oxygen atoms in total. The Labute approximate surface area is 102 Å². The first kappa shape index (κ1) is 13.3. The fourth-order valence-electron chi connectivity index (χ4n) is 1.12. The van der Waals surface area contributed by atoms with Gasteiger partial charge in [0.25, 0.3) is 0 Å². The van der Waals surface area contributed by atoms with Gasteiger partial charge in [0.05, 0.1) is 5.57 Å². The lowest BCUT2D eigenvalue weighted by Gasteiger charge is -2.17. The first-order valence-corrected chi connectivity index (χ1v) is 6.81. The van der Waals surface area contributed by atoms with Crippen LogP contribution in [0.5, 0.6) is 0 Å². The minimum atomic E-state index is -3.98. The fraction of sp³-hybridized carbons (Fsp3) is 0.222. The lowest BCUT2D eigenvalue weighted by Crippen LogP contribution is -2.27. The molecular formula is C9H8Cl2O4S. The largest absolute Gasteiger partial charge is 0.478 e. The summed E-state index contributed by atoms with van der Waals surface area (Å²) in [5.41, 5.74) is -0.221. The van der Waals surface area contributed by atoms with Crippen molar-refractivity contribution in [2.24, 2.45) is 0 Å². The maximum absolute atomic E-state index is 11.3. The Balaban J connectivity index is 3.43. The van der Waals surface area contributed by atoms with Gasteiger partial charge in [-0.25, -0.2) is 13.2 Å². The third-order valence-electron chi connectivity index (χ3n) is 2.08. The van der Waals surface area contributed by atoms with Crippen molar-refractivity contribution in [1.82, 2.24) is 0 Å². The highest BCUT2D eigenvalue weighted by molar-refractivity contribution is 8.15. The molecule has 0 saturated heterocycles. The maximum atomic E-state index is 11.3. The summed E-state index contributed by atoms with van der Waals surface area (Å²) in [5.74, 6) is -1.27. The van der Waals surface area contributed by atoms with Gasteiger partial charge in [0.1, 0.15) is 4.75 Å². The number of carbonyl (C=O) groups is 1. The topological polar surface area (TPSA) is 71.4 Å². The average Bonchev–Trinajstić information content (AvgIpc) is 2.26. The third-order valence-corrected chi connectivity index (χ3v) is 4.62. The van der Waals surface area contributed by atoms with E-state index in [1.807, 2.05) is 0 Å². The summed E-state index contributed by atoms with van der Waals surface area (Å²) in [4.78, 5) is 10.8. The molecule has 1 aliphatic rings. The van der Waals surface area contributed by atoms with Crippen molar-refractivity contribution in [2.45, 2.75) is 11.7 Å². The Morgan fingerprint density at radius 2 is 2.06 bits per heavy atom. The second kappa shape index (κ2) is 4.24. The quantitative estimate of drug-likeness (QED) is 0.787. The Kier molecular flexibility index (Phi) is 3.52. The van der Waals surface area contributed by atoms with E-state index in [1.54, 1.807) is 0 Å². The normalized spacial score (nSPS) is 25.7. The number of allylic oxidation sites excluding steroid dienone is 2. The molecule has 88 valence electrons. The molecule has 0 spiro atoms. The van der Waals surface area contributed by atoms with Crippen LogP contribution in [0.2, 0.25) is 0 Å². The molecule has 0 fully saturated rings. The Hall–Kier alpha value is -0.780. The number of carboxylic acid groups (broad SMARTS) is 1. The lowest BCUT2D eigenvalue weighted by molar-refractivity contribution is -0.132. The van der Waals surface area contributed by atoms with Crippen LogP contribution in [0.15, 0.2) is 34.9 Å². The average molecular weight is 283 g/mol. The molecule has 7 heteroatoms. The molecule has 0 amide bonds. The summed E-state index contributed by atoms with van der Waals surface area (Å²) < 4.78 is 21.1. The summed E-state index contributed by atoms with van der Waals surface area (Å²) in [6.07, 6.45) is 4.75. The van der Waals surface area contributed by atoms with E-state index in [2.05, 4.69) is 0 Å². The number of hydrogen-bond donors (Lipinski definition) is 1. The second-order valence-corrected chi connectivity index (χ2v) is 6.80. The number of hydrogen-bond acceptors (Lipinski definition) is 3. The highest BCUT2D eigenvalue weighted by atomic mass is 35.7. The predicted molar refractivity (Wildman–Crippen MR) is 62.0 cm³/mol. The number of carboxylic acids is 1. The predicted octanol–water partition coefficient (Wildman–Crippen LogP) is 2.02. The van der Waals surface area contributed by atoms with Gasteiger partial charge in [-0.1, -0.05) is 17.7 Å². The van der Waals surface area contributed by atoms with Gasteiger partial charge in [0.2, 0.25) is 9.05 Å². The van der Waals surface area contributed by atoms with Crippen LogP contribution in [0.25, 0.3) is 0 Å². The highest BCUT2D eigenvalue weighted by Crippen LogP contribution is 2.30.